The Morgan fingerprint density at radius 1 is 1.47 bits per heavy atom. The summed E-state index contributed by atoms with van der Waals surface area (Å²) in [5.74, 6) is -0.0507. The summed E-state index contributed by atoms with van der Waals surface area (Å²) in [5.41, 5.74) is 0.0995. The van der Waals surface area contributed by atoms with Crippen molar-refractivity contribution in [3.8, 4) is 5.75 Å². The normalized spacial score (nSPS) is 17.3. The number of ether oxygens (including phenoxy) is 1. The molecule has 1 aliphatic carbocycles. The van der Waals surface area contributed by atoms with Crippen LogP contribution < -0.4 is 4.74 Å². The Kier molecular flexibility index (Phi) is 3.33. The van der Waals surface area contributed by atoms with Crippen molar-refractivity contribution in [2.45, 2.75) is 29.6 Å². The molecule has 3 nitrogen and oxygen atoms in total. The molecule has 0 aromatic heterocycles. The van der Waals surface area contributed by atoms with Crippen LogP contribution in [0.3, 0.4) is 0 Å². The molecule has 0 radical (unpaired) electrons. The lowest BCUT2D eigenvalue weighted by atomic mass is 9.64. The Labute approximate surface area is 105 Å². The maximum Gasteiger partial charge on any atom is 0.314 e. The van der Waals surface area contributed by atoms with Crippen molar-refractivity contribution in [2.24, 2.45) is 0 Å². The zero-order chi connectivity index (χ0) is 12.5. The molecule has 1 aromatic carbocycles. The number of hydrogen-bond acceptors (Lipinski definition) is 3. The minimum absolute atomic E-state index is 0.685. The van der Waals surface area contributed by atoms with Crippen molar-refractivity contribution in [1.29, 1.82) is 0 Å². The minimum atomic E-state index is -0.736. The van der Waals surface area contributed by atoms with Gasteiger partial charge < -0.3 is 9.84 Å². The molecule has 92 valence electrons. The van der Waals surface area contributed by atoms with E-state index in [9.17, 15) is 9.90 Å². The maximum atomic E-state index is 11.5. The number of benzene rings is 1. The summed E-state index contributed by atoms with van der Waals surface area (Å²) in [6, 6.07) is 5.78. The van der Waals surface area contributed by atoms with Crippen LogP contribution in [0.2, 0.25) is 0 Å². The van der Waals surface area contributed by atoms with Gasteiger partial charge in [-0.3, -0.25) is 4.79 Å². The lowest BCUT2D eigenvalue weighted by Crippen LogP contribution is -2.42. The van der Waals surface area contributed by atoms with Crippen LogP contribution in [0.4, 0.5) is 0 Å². The van der Waals surface area contributed by atoms with Crippen molar-refractivity contribution < 1.29 is 14.6 Å². The van der Waals surface area contributed by atoms with Gasteiger partial charge >= 0.3 is 5.97 Å². The predicted octanol–water partition coefficient (Wildman–Crippen LogP) is 2.92. The van der Waals surface area contributed by atoms with Crippen LogP contribution in [-0.4, -0.2) is 24.4 Å². The molecule has 0 heterocycles. The molecular formula is C13H16O3S. The summed E-state index contributed by atoms with van der Waals surface area (Å²) < 4.78 is 5.30. The second-order valence-electron chi connectivity index (χ2n) is 4.31. The van der Waals surface area contributed by atoms with Gasteiger partial charge in [0, 0.05) is 10.5 Å². The zero-order valence-electron chi connectivity index (χ0n) is 10.0. The molecule has 0 aliphatic heterocycles. The third-order valence-electron chi connectivity index (χ3n) is 3.54. The first kappa shape index (κ1) is 12.3. The molecule has 1 saturated carbocycles. The molecule has 1 N–H and O–H groups in total. The molecule has 0 saturated heterocycles. The smallest absolute Gasteiger partial charge is 0.314 e. The molecule has 1 aliphatic rings. The average Bonchev–Trinajstić information content (AvgIpc) is 2.27. The van der Waals surface area contributed by atoms with E-state index in [0.29, 0.717) is 18.6 Å². The Morgan fingerprint density at radius 3 is 2.59 bits per heavy atom. The molecular weight excluding hydrogens is 236 g/mol. The topological polar surface area (TPSA) is 46.5 Å². The van der Waals surface area contributed by atoms with Crippen molar-refractivity contribution >= 4 is 17.7 Å². The number of carboxylic acids is 1. The van der Waals surface area contributed by atoms with E-state index in [0.717, 1.165) is 16.9 Å². The van der Waals surface area contributed by atoms with Crippen LogP contribution >= 0.6 is 11.8 Å². The monoisotopic (exact) mass is 252 g/mol. The fraction of sp³-hybridized carbons (Fsp3) is 0.462. The molecule has 1 aromatic rings. The van der Waals surface area contributed by atoms with Gasteiger partial charge in [0.15, 0.2) is 0 Å². The van der Waals surface area contributed by atoms with Crippen molar-refractivity contribution in [3.63, 3.8) is 0 Å². The fourth-order valence-electron chi connectivity index (χ4n) is 2.32. The molecule has 0 atom stereocenters. The number of rotatable bonds is 4. The highest BCUT2D eigenvalue weighted by Gasteiger charge is 2.47. The number of carbonyl (C=O) groups is 1. The molecule has 17 heavy (non-hydrogen) atoms. The summed E-state index contributed by atoms with van der Waals surface area (Å²) >= 11 is 1.62. The van der Waals surface area contributed by atoms with E-state index in [1.54, 1.807) is 18.9 Å². The van der Waals surface area contributed by atoms with Gasteiger partial charge in [-0.25, -0.2) is 0 Å². The van der Waals surface area contributed by atoms with Crippen LogP contribution in [0.1, 0.15) is 24.8 Å². The SMILES string of the molecule is COc1ccc(SC)cc1C1(C(=O)O)CCC1. The highest BCUT2D eigenvalue weighted by Crippen LogP contribution is 2.48. The lowest BCUT2D eigenvalue weighted by Gasteiger charge is -2.39. The number of aliphatic carboxylic acids is 1. The molecule has 2 rings (SSSR count). The molecule has 1 fully saturated rings. The highest BCUT2D eigenvalue weighted by atomic mass is 32.2. The fourth-order valence-corrected chi connectivity index (χ4v) is 2.76. The van der Waals surface area contributed by atoms with Gasteiger partial charge in [-0.1, -0.05) is 6.42 Å². The first-order chi connectivity index (χ1) is 8.14. The third-order valence-corrected chi connectivity index (χ3v) is 4.26. The average molecular weight is 252 g/mol. The lowest BCUT2D eigenvalue weighted by molar-refractivity contribution is -0.147. The molecule has 0 bridgehead atoms. The van der Waals surface area contributed by atoms with Gasteiger partial charge in [0.1, 0.15) is 5.75 Å². The predicted molar refractivity (Wildman–Crippen MR) is 67.9 cm³/mol. The zero-order valence-corrected chi connectivity index (χ0v) is 10.8. The van der Waals surface area contributed by atoms with Gasteiger partial charge in [-0.15, -0.1) is 11.8 Å². The van der Waals surface area contributed by atoms with E-state index in [1.807, 2.05) is 24.5 Å². The number of methoxy groups -OCH3 is 1. The number of thioether (sulfide) groups is 1. The van der Waals surface area contributed by atoms with Gasteiger partial charge in [0.2, 0.25) is 0 Å². The Bertz CT molecular complexity index is 438. The Balaban J connectivity index is 2.51. The quantitative estimate of drug-likeness (QED) is 0.837. The molecule has 4 heteroatoms. The van der Waals surface area contributed by atoms with Crippen LogP contribution in [0.25, 0.3) is 0 Å². The van der Waals surface area contributed by atoms with Crippen LogP contribution in [0.5, 0.6) is 5.75 Å². The number of hydrogen-bond donors (Lipinski definition) is 1. The van der Waals surface area contributed by atoms with Crippen molar-refractivity contribution in [1.82, 2.24) is 0 Å². The molecule has 0 amide bonds. The highest BCUT2D eigenvalue weighted by molar-refractivity contribution is 7.98. The Hall–Kier alpha value is -1.16. The molecule has 0 unspecified atom stereocenters. The second-order valence-corrected chi connectivity index (χ2v) is 5.19. The third kappa shape index (κ3) is 1.90. The van der Waals surface area contributed by atoms with E-state index in [-0.39, 0.29) is 0 Å². The second kappa shape index (κ2) is 4.61. The summed E-state index contributed by atoms with van der Waals surface area (Å²) in [5, 5.41) is 9.46. The Morgan fingerprint density at radius 2 is 2.18 bits per heavy atom. The van der Waals surface area contributed by atoms with Gasteiger partial charge in [0.05, 0.1) is 12.5 Å². The van der Waals surface area contributed by atoms with E-state index in [2.05, 4.69) is 0 Å². The van der Waals surface area contributed by atoms with Crippen molar-refractivity contribution in [2.75, 3.05) is 13.4 Å². The molecule has 0 spiro atoms. The van der Waals surface area contributed by atoms with E-state index >= 15 is 0 Å². The van der Waals surface area contributed by atoms with E-state index in [4.69, 9.17) is 4.74 Å². The largest absolute Gasteiger partial charge is 0.496 e. The first-order valence-electron chi connectivity index (χ1n) is 5.60. The van der Waals surface area contributed by atoms with Gasteiger partial charge in [0.25, 0.3) is 0 Å². The summed E-state index contributed by atoms with van der Waals surface area (Å²) in [6.45, 7) is 0. The minimum Gasteiger partial charge on any atom is -0.496 e. The van der Waals surface area contributed by atoms with E-state index in [1.165, 1.54) is 0 Å². The summed E-state index contributed by atoms with van der Waals surface area (Å²) in [6.07, 6.45) is 4.37. The van der Waals surface area contributed by atoms with Crippen LogP contribution in [0.15, 0.2) is 23.1 Å². The summed E-state index contributed by atoms with van der Waals surface area (Å²) in [7, 11) is 1.59. The first-order valence-corrected chi connectivity index (χ1v) is 6.82. The standard InChI is InChI=1S/C13H16O3S/c1-16-11-5-4-9(17-2)8-10(11)13(12(14)15)6-3-7-13/h4-5,8H,3,6-7H2,1-2H3,(H,14,15). The van der Waals surface area contributed by atoms with Crippen LogP contribution in [-0.2, 0) is 10.2 Å². The maximum absolute atomic E-state index is 11.5. The number of carboxylic acid groups (broad SMARTS) is 1. The van der Waals surface area contributed by atoms with Crippen LogP contribution in [0, 0.1) is 0 Å². The van der Waals surface area contributed by atoms with Gasteiger partial charge in [-0.05, 0) is 37.3 Å². The van der Waals surface area contributed by atoms with Crippen molar-refractivity contribution in [3.05, 3.63) is 23.8 Å². The van der Waals surface area contributed by atoms with E-state index < -0.39 is 11.4 Å². The van der Waals surface area contributed by atoms with Gasteiger partial charge in [-0.2, -0.15) is 0 Å². The summed E-state index contributed by atoms with van der Waals surface area (Å²) in [4.78, 5) is 12.6.